The van der Waals surface area contributed by atoms with Gasteiger partial charge in [0, 0.05) is 11.6 Å². The van der Waals surface area contributed by atoms with Gasteiger partial charge in [-0.05, 0) is 43.2 Å². The highest BCUT2D eigenvalue weighted by molar-refractivity contribution is 6.07. The van der Waals surface area contributed by atoms with Crippen LogP contribution in [0.1, 0.15) is 52.0 Å². The third-order valence-electron chi connectivity index (χ3n) is 5.42. The Hall–Kier alpha value is -1.37. The van der Waals surface area contributed by atoms with E-state index >= 15 is 0 Å². The van der Waals surface area contributed by atoms with E-state index < -0.39 is 0 Å². The molecule has 20 heavy (non-hydrogen) atoms. The van der Waals surface area contributed by atoms with Crippen LogP contribution in [0, 0.1) is 11.8 Å². The first-order valence-electron chi connectivity index (χ1n) is 8.10. The number of rotatable bonds is 0. The Balaban J connectivity index is 0.000000581. The number of fused-ring (bicyclic) bond motifs is 1. The van der Waals surface area contributed by atoms with E-state index in [0.717, 1.165) is 5.92 Å². The zero-order valence-corrected chi connectivity index (χ0v) is 12.9. The molecule has 1 aliphatic heterocycles. The lowest BCUT2D eigenvalue weighted by atomic mass is 9.54. The van der Waals surface area contributed by atoms with Crippen molar-refractivity contribution >= 4 is 11.4 Å². The topological polar surface area (TPSA) is 12.4 Å². The maximum absolute atomic E-state index is 5.01. The quantitative estimate of drug-likeness (QED) is 0.555. The molecule has 0 aromatic heterocycles. The average Bonchev–Trinajstić information content (AvgIpc) is 2.84. The van der Waals surface area contributed by atoms with Crippen LogP contribution in [0.15, 0.2) is 41.4 Å². The van der Waals surface area contributed by atoms with E-state index in [2.05, 4.69) is 37.8 Å². The number of benzene rings is 1. The smallest absolute Gasteiger partial charge is 0.0674 e. The van der Waals surface area contributed by atoms with Crippen LogP contribution in [0.5, 0.6) is 0 Å². The number of hydrogen-bond donors (Lipinski definition) is 0. The van der Waals surface area contributed by atoms with Gasteiger partial charge in [-0.3, -0.25) is 4.99 Å². The van der Waals surface area contributed by atoms with Crippen molar-refractivity contribution in [2.24, 2.45) is 16.8 Å². The molecule has 1 aromatic rings. The van der Waals surface area contributed by atoms with Gasteiger partial charge in [0.25, 0.3) is 0 Å². The van der Waals surface area contributed by atoms with Crippen molar-refractivity contribution in [3.63, 3.8) is 0 Å². The average molecular weight is 267 g/mol. The molecule has 0 radical (unpaired) electrons. The molecule has 0 N–H and O–H groups in total. The van der Waals surface area contributed by atoms with E-state index in [1.54, 1.807) is 0 Å². The lowest BCUT2D eigenvalue weighted by Crippen LogP contribution is -2.48. The third kappa shape index (κ3) is 1.58. The first-order chi connectivity index (χ1) is 9.73. The fourth-order valence-electron chi connectivity index (χ4n) is 4.38. The van der Waals surface area contributed by atoms with Gasteiger partial charge in [0.2, 0.25) is 0 Å². The highest BCUT2D eigenvalue weighted by Crippen LogP contribution is 2.58. The minimum atomic E-state index is 0.117. The predicted molar refractivity (Wildman–Crippen MR) is 86.8 cm³/mol. The minimum Gasteiger partial charge on any atom is -0.256 e. The summed E-state index contributed by atoms with van der Waals surface area (Å²) in [6.45, 7) is 10.8. The zero-order valence-electron chi connectivity index (χ0n) is 12.9. The number of aliphatic imine (C=N–C) groups is 1. The summed E-state index contributed by atoms with van der Waals surface area (Å²) in [6.07, 6.45) is 4.98. The van der Waals surface area contributed by atoms with Gasteiger partial charge in [-0.1, -0.05) is 51.1 Å². The Morgan fingerprint density at radius 2 is 1.95 bits per heavy atom. The van der Waals surface area contributed by atoms with Crippen LogP contribution >= 0.6 is 0 Å². The van der Waals surface area contributed by atoms with Crippen molar-refractivity contribution in [2.45, 2.75) is 51.9 Å². The number of nitrogens with zero attached hydrogens (tertiary/aromatic N) is 1. The second-order valence-electron chi connectivity index (χ2n) is 6.18. The summed E-state index contributed by atoms with van der Waals surface area (Å²) < 4.78 is 0. The molecule has 1 heteroatoms. The minimum absolute atomic E-state index is 0.117. The molecule has 3 aliphatic rings. The summed E-state index contributed by atoms with van der Waals surface area (Å²) in [5.41, 5.74) is 5.61. The summed E-state index contributed by atoms with van der Waals surface area (Å²) in [4.78, 5) is 5.01. The van der Waals surface area contributed by atoms with Crippen LogP contribution in [0.25, 0.3) is 0 Å². The predicted octanol–water partition coefficient (Wildman–Crippen LogP) is 5.43. The van der Waals surface area contributed by atoms with Gasteiger partial charge in [-0.2, -0.15) is 0 Å². The van der Waals surface area contributed by atoms with E-state index in [9.17, 15) is 0 Å². The molecule has 1 nitrogen and oxygen atoms in total. The molecule has 2 saturated carbocycles. The first kappa shape index (κ1) is 13.6. The van der Waals surface area contributed by atoms with Gasteiger partial charge in [0.15, 0.2) is 0 Å². The van der Waals surface area contributed by atoms with E-state index in [1.807, 2.05) is 13.8 Å². The largest absolute Gasteiger partial charge is 0.256 e. The highest BCUT2D eigenvalue weighted by Gasteiger charge is 2.53. The van der Waals surface area contributed by atoms with Crippen LogP contribution in [0.2, 0.25) is 0 Å². The van der Waals surface area contributed by atoms with Crippen LogP contribution in [0.3, 0.4) is 0 Å². The Morgan fingerprint density at radius 1 is 1.20 bits per heavy atom. The maximum Gasteiger partial charge on any atom is 0.0674 e. The van der Waals surface area contributed by atoms with Crippen LogP contribution < -0.4 is 0 Å². The lowest BCUT2D eigenvalue weighted by Gasteiger charge is -2.48. The maximum atomic E-state index is 5.01. The molecule has 2 bridgehead atoms. The molecule has 1 aromatic carbocycles. The number of para-hydroxylation sites is 1. The normalized spacial score (nSPS) is 33.5. The highest BCUT2D eigenvalue weighted by atomic mass is 14.9. The fourth-order valence-corrected chi connectivity index (χ4v) is 4.38. The molecule has 4 rings (SSSR count). The lowest BCUT2D eigenvalue weighted by molar-refractivity contribution is 0.290. The SMILES string of the molecule is C=C1CCC2C3=Nc4ccccc4C13CCC2C.CC. The molecule has 106 valence electrons. The van der Waals surface area contributed by atoms with Crippen molar-refractivity contribution in [2.75, 3.05) is 0 Å². The molecule has 3 unspecified atom stereocenters. The van der Waals surface area contributed by atoms with Gasteiger partial charge in [-0.15, -0.1) is 0 Å². The summed E-state index contributed by atoms with van der Waals surface area (Å²) in [7, 11) is 0. The second kappa shape index (κ2) is 4.87. The van der Waals surface area contributed by atoms with Crippen molar-refractivity contribution in [3.8, 4) is 0 Å². The molecule has 1 heterocycles. The Kier molecular flexibility index (Phi) is 3.32. The molecule has 0 amide bonds. The molecular weight excluding hydrogens is 242 g/mol. The molecular formula is C19H25N. The number of allylic oxidation sites excluding steroid dienone is 1. The van der Waals surface area contributed by atoms with Crippen molar-refractivity contribution in [3.05, 3.63) is 42.0 Å². The van der Waals surface area contributed by atoms with Gasteiger partial charge >= 0.3 is 0 Å². The van der Waals surface area contributed by atoms with Crippen LogP contribution in [0.4, 0.5) is 5.69 Å². The van der Waals surface area contributed by atoms with E-state index in [1.165, 1.54) is 48.2 Å². The van der Waals surface area contributed by atoms with Crippen molar-refractivity contribution in [1.82, 2.24) is 0 Å². The van der Waals surface area contributed by atoms with E-state index in [0.29, 0.717) is 5.92 Å². The van der Waals surface area contributed by atoms with Gasteiger partial charge in [0.05, 0.1) is 11.1 Å². The fraction of sp³-hybridized carbons (Fsp3) is 0.526. The van der Waals surface area contributed by atoms with Gasteiger partial charge in [-0.25, -0.2) is 0 Å². The summed E-state index contributed by atoms with van der Waals surface area (Å²) >= 11 is 0. The van der Waals surface area contributed by atoms with Crippen molar-refractivity contribution < 1.29 is 0 Å². The van der Waals surface area contributed by atoms with Crippen LogP contribution in [-0.4, -0.2) is 5.71 Å². The first-order valence-corrected chi connectivity index (χ1v) is 8.10. The standard InChI is InChI=1S/C17H19N.C2H6/c1-11-9-10-17-12(2)7-8-13(11)16(17)18-15-6-4-3-5-14(15)17;1-2/h3-6,11,13H,2,7-10H2,1H3;1-2H3. The molecule has 2 fully saturated rings. The molecule has 3 atom stereocenters. The van der Waals surface area contributed by atoms with E-state index in [-0.39, 0.29) is 5.41 Å². The Morgan fingerprint density at radius 3 is 2.75 bits per heavy atom. The Labute approximate surface area is 122 Å². The number of hydrogen-bond acceptors (Lipinski definition) is 1. The summed E-state index contributed by atoms with van der Waals surface area (Å²) in [5.74, 6) is 1.48. The summed E-state index contributed by atoms with van der Waals surface area (Å²) in [6, 6.07) is 8.70. The van der Waals surface area contributed by atoms with E-state index in [4.69, 9.17) is 4.99 Å². The summed E-state index contributed by atoms with van der Waals surface area (Å²) in [5, 5.41) is 0. The zero-order chi connectivity index (χ0) is 14.3. The van der Waals surface area contributed by atoms with Crippen LogP contribution in [-0.2, 0) is 5.41 Å². The molecule has 2 aliphatic carbocycles. The van der Waals surface area contributed by atoms with Crippen molar-refractivity contribution in [1.29, 1.82) is 0 Å². The molecule has 0 spiro atoms. The molecule has 0 saturated heterocycles. The second-order valence-corrected chi connectivity index (χ2v) is 6.18. The monoisotopic (exact) mass is 267 g/mol. The third-order valence-corrected chi connectivity index (χ3v) is 5.42. The van der Waals surface area contributed by atoms with Gasteiger partial charge in [0.1, 0.15) is 0 Å². The van der Waals surface area contributed by atoms with Gasteiger partial charge < -0.3 is 0 Å². The Bertz CT molecular complexity index is 569.